The van der Waals surface area contributed by atoms with Crippen molar-refractivity contribution in [2.24, 2.45) is 0 Å². The van der Waals surface area contributed by atoms with Gasteiger partial charge in [-0.25, -0.2) is 0 Å². The van der Waals surface area contributed by atoms with E-state index in [-0.39, 0.29) is 11.4 Å². The van der Waals surface area contributed by atoms with Crippen molar-refractivity contribution in [3.05, 3.63) is 23.3 Å². The summed E-state index contributed by atoms with van der Waals surface area (Å²) in [5, 5.41) is 3.04. The Kier molecular flexibility index (Phi) is 4.81. The van der Waals surface area contributed by atoms with Gasteiger partial charge in [0.1, 0.15) is 5.75 Å². The lowest BCUT2D eigenvalue weighted by Gasteiger charge is -2.26. The van der Waals surface area contributed by atoms with Crippen LogP contribution in [-0.2, 0) is 0 Å². The van der Waals surface area contributed by atoms with E-state index < -0.39 is 0 Å². The Bertz CT molecular complexity index is 467. The average molecular weight is 264 g/mol. The number of hydrogen-bond acceptors (Lipinski definition) is 3. The van der Waals surface area contributed by atoms with Crippen LogP contribution in [-0.4, -0.2) is 18.6 Å². The summed E-state index contributed by atoms with van der Waals surface area (Å²) in [4.78, 5) is 12.3. The first-order valence-corrected chi connectivity index (χ1v) is 6.57. The van der Waals surface area contributed by atoms with E-state index in [1.807, 2.05) is 20.8 Å². The van der Waals surface area contributed by atoms with Gasteiger partial charge in [0.15, 0.2) is 0 Å². The molecular formula is C15H24N2O2. The molecule has 0 aromatic heterocycles. The summed E-state index contributed by atoms with van der Waals surface area (Å²) in [6, 6.07) is 3.46. The lowest BCUT2D eigenvalue weighted by Crippen LogP contribution is -2.43. The first-order chi connectivity index (χ1) is 8.80. The number of carbonyl (C=O) groups is 1. The van der Waals surface area contributed by atoms with Gasteiger partial charge in [-0.2, -0.15) is 0 Å². The minimum atomic E-state index is -0.230. The van der Waals surface area contributed by atoms with Crippen molar-refractivity contribution in [3.8, 4) is 5.75 Å². The van der Waals surface area contributed by atoms with Gasteiger partial charge in [-0.05, 0) is 38.8 Å². The van der Waals surface area contributed by atoms with E-state index in [1.165, 1.54) is 7.11 Å². The molecule has 4 nitrogen and oxygen atoms in total. The Morgan fingerprint density at radius 1 is 1.42 bits per heavy atom. The molecule has 0 saturated carbocycles. The number of anilines is 1. The minimum Gasteiger partial charge on any atom is -0.496 e. The van der Waals surface area contributed by atoms with Crippen molar-refractivity contribution in [1.82, 2.24) is 5.32 Å². The van der Waals surface area contributed by atoms with Crippen LogP contribution in [0.3, 0.4) is 0 Å². The number of benzene rings is 1. The topological polar surface area (TPSA) is 64.4 Å². The van der Waals surface area contributed by atoms with Crippen molar-refractivity contribution in [2.75, 3.05) is 12.8 Å². The van der Waals surface area contributed by atoms with E-state index in [0.717, 1.165) is 18.4 Å². The number of hydrogen-bond donors (Lipinski definition) is 2. The maximum Gasteiger partial charge on any atom is 0.255 e. The molecule has 4 heteroatoms. The highest BCUT2D eigenvalue weighted by atomic mass is 16.5. The maximum atomic E-state index is 12.3. The second-order valence-electron chi connectivity index (χ2n) is 5.50. The summed E-state index contributed by atoms with van der Waals surface area (Å²) < 4.78 is 5.24. The molecule has 0 saturated heterocycles. The molecule has 0 unspecified atom stereocenters. The van der Waals surface area contributed by atoms with E-state index in [1.54, 1.807) is 12.1 Å². The van der Waals surface area contributed by atoms with Gasteiger partial charge in [-0.15, -0.1) is 0 Å². The number of rotatable bonds is 5. The summed E-state index contributed by atoms with van der Waals surface area (Å²) in [5.74, 6) is 0.381. The molecule has 19 heavy (non-hydrogen) atoms. The number of aryl methyl sites for hydroxylation is 1. The number of ether oxygens (including phenoxy) is 1. The van der Waals surface area contributed by atoms with E-state index in [4.69, 9.17) is 10.5 Å². The third-order valence-electron chi connectivity index (χ3n) is 3.16. The van der Waals surface area contributed by atoms with Crippen LogP contribution in [0.2, 0.25) is 0 Å². The fourth-order valence-corrected chi connectivity index (χ4v) is 2.11. The Hall–Kier alpha value is -1.71. The smallest absolute Gasteiger partial charge is 0.255 e. The van der Waals surface area contributed by atoms with Crippen molar-refractivity contribution in [1.29, 1.82) is 0 Å². The molecule has 0 radical (unpaired) electrons. The van der Waals surface area contributed by atoms with Crippen LogP contribution < -0.4 is 15.8 Å². The van der Waals surface area contributed by atoms with E-state index in [2.05, 4.69) is 12.2 Å². The van der Waals surface area contributed by atoms with Crippen molar-refractivity contribution in [3.63, 3.8) is 0 Å². The number of amides is 1. The van der Waals surface area contributed by atoms with Crippen molar-refractivity contribution >= 4 is 11.6 Å². The van der Waals surface area contributed by atoms with Gasteiger partial charge < -0.3 is 15.8 Å². The lowest BCUT2D eigenvalue weighted by atomic mass is 9.98. The molecule has 0 heterocycles. The largest absolute Gasteiger partial charge is 0.496 e. The second-order valence-corrected chi connectivity index (χ2v) is 5.50. The fourth-order valence-electron chi connectivity index (χ4n) is 2.11. The molecule has 1 amide bonds. The predicted molar refractivity (Wildman–Crippen MR) is 78.6 cm³/mol. The molecule has 0 atom stereocenters. The molecular weight excluding hydrogens is 240 g/mol. The summed E-state index contributed by atoms with van der Waals surface area (Å²) in [7, 11) is 1.54. The van der Waals surface area contributed by atoms with Gasteiger partial charge in [-0.1, -0.05) is 13.3 Å². The number of nitrogen functional groups attached to an aromatic ring is 1. The van der Waals surface area contributed by atoms with Gasteiger partial charge in [0.2, 0.25) is 0 Å². The van der Waals surface area contributed by atoms with Crippen LogP contribution in [0.15, 0.2) is 12.1 Å². The SMILES string of the molecule is CCCC(C)(C)NC(=O)c1cc(C)c(N)cc1OC. The molecule has 0 aliphatic carbocycles. The monoisotopic (exact) mass is 264 g/mol. The molecule has 106 valence electrons. The molecule has 0 aliphatic rings. The van der Waals surface area contributed by atoms with Crippen LogP contribution in [0.25, 0.3) is 0 Å². The standard InChI is InChI=1S/C15H24N2O2/c1-6-7-15(3,4)17-14(18)11-8-10(2)12(16)9-13(11)19-5/h8-9H,6-7,16H2,1-5H3,(H,17,18). The zero-order valence-electron chi connectivity index (χ0n) is 12.5. The Morgan fingerprint density at radius 3 is 2.58 bits per heavy atom. The fraction of sp³-hybridized carbons (Fsp3) is 0.533. The first-order valence-electron chi connectivity index (χ1n) is 6.57. The normalized spacial score (nSPS) is 11.2. The Labute approximate surface area is 115 Å². The highest BCUT2D eigenvalue weighted by Crippen LogP contribution is 2.25. The lowest BCUT2D eigenvalue weighted by molar-refractivity contribution is 0.0906. The van der Waals surface area contributed by atoms with E-state index in [9.17, 15) is 4.79 Å². The molecule has 3 N–H and O–H groups in total. The van der Waals surface area contributed by atoms with Crippen molar-refractivity contribution in [2.45, 2.75) is 46.1 Å². The van der Waals surface area contributed by atoms with Crippen LogP contribution >= 0.6 is 0 Å². The van der Waals surface area contributed by atoms with Gasteiger partial charge in [0.25, 0.3) is 5.91 Å². The zero-order valence-corrected chi connectivity index (χ0v) is 12.5. The molecule has 1 aromatic carbocycles. The summed E-state index contributed by atoms with van der Waals surface area (Å²) >= 11 is 0. The zero-order chi connectivity index (χ0) is 14.6. The van der Waals surface area contributed by atoms with Crippen LogP contribution in [0.4, 0.5) is 5.69 Å². The molecule has 0 aliphatic heterocycles. The average Bonchev–Trinajstić information content (AvgIpc) is 2.31. The summed E-state index contributed by atoms with van der Waals surface area (Å²) in [5.41, 5.74) is 7.63. The second kappa shape index (κ2) is 5.95. The van der Waals surface area contributed by atoms with Crippen LogP contribution in [0.5, 0.6) is 5.75 Å². The number of nitrogens with one attached hydrogen (secondary N) is 1. The van der Waals surface area contributed by atoms with Gasteiger partial charge in [0, 0.05) is 17.3 Å². The Morgan fingerprint density at radius 2 is 2.05 bits per heavy atom. The van der Waals surface area contributed by atoms with E-state index in [0.29, 0.717) is 17.0 Å². The molecule has 0 spiro atoms. The summed E-state index contributed by atoms with van der Waals surface area (Å²) in [6.45, 7) is 8.01. The number of carbonyl (C=O) groups excluding carboxylic acids is 1. The van der Waals surface area contributed by atoms with Gasteiger partial charge >= 0.3 is 0 Å². The molecule has 1 aromatic rings. The summed E-state index contributed by atoms with van der Waals surface area (Å²) in [6.07, 6.45) is 1.94. The highest BCUT2D eigenvalue weighted by molar-refractivity contribution is 5.98. The molecule has 0 fully saturated rings. The van der Waals surface area contributed by atoms with Gasteiger partial charge in [0.05, 0.1) is 12.7 Å². The van der Waals surface area contributed by atoms with Crippen LogP contribution in [0.1, 0.15) is 49.5 Å². The number of nitrogens with two attached hydrogens (primary N) is 1. The molecule has 1 rings (SSSR count). The number of methoxy groups -OCH3 is 1. The first kappa shape index (κ1) is 15.3. The third-order valence-corrected chi connectivity index (χ3v) is 3.16. The van der Waals surface area contributed by atoms with Crippen LogP contribution in [0, 0.1) is 6.92 Å². The minimum absolute atomic E-state index is 0.126. The van der Waals surface area contributed by atoms with Crippen molar-refractivity contribution < 1.29 is 9.53 Å². The predicted octanol–water partition coefficient (Wildman–Crippen LogP) is 2.89. The quantitative estimate of drug-likeness (QED) is 0.804. The Balaban J connectivity index is 3.03. The molecule has 0 bridgehead atoms. The highest BCUT2D eigenvalue weighted by Gasteiger charge is 2.22. The van der Waals surface area contributed by atoms with Gasteiger partial charge in [-0.3, -0.25) is 4.79 Å². The third kappa shape index (κ3) is 3.88. The maximum absolute atomic E-state index is 12.3. The van der Waals surface area contributed by atoms with E-state index >= 15 is 0 Å².